The van der Waals surface area contributed by atoms with Gasteiger partial charge in [0.25, 0.3) is 0 Å². The Morgan fingerprint density at radius 2 is 1.82 bits per heavy atom. The van der Waals surface area contributed by atoms with Gasteiger partial charge in [-0.1, -0.05) is 36.4 Å². The summed E-state index contributed by atoms with van der Waals surface area (Å²) in [5.74, 6) is 1.45. The summed E-state index contributed by atoms with van der Waals surface area (Å²) in [6, 6.07) is 20.6. The Morgan fingerprint density at radius 3 is 2.50 bits per heavy atom. The summed E-state index contributed by atoms with van der Waals surface area (Å²) in [4.78, 5) is 17.1. The van der Waals surface area contributed by atoms with Crippen LogP contribution in [0.3, 0.4) is 0 Å². The highest BCUT2D eigenvalue weighted by atomic mass is 16.2. The molecule has 28 heavy (non-hydrogen) atoms. The summed E-state index contributed by atoms with van der Waals surface area (Å²) in [6.45, 7) is 4.10. The van der Waals surface area contributed by atoms with E-state index in [2.05, 4.69) is 57.8 Å². The maximum atomic E-state index is 12.2. The number of urea groups is 1. The summed E-state index contributed by atoms with van der Waals surface area (Å²) < 4.78 is 0. The zero-order valence-corrected chi connectivity index (χ0v) is 16.6. The molecule has 0 saturated carbocycles. The van der Waals surface area contributed by atoms with E-state index in [0.717, 1.165) is 37.8 Å². The number of nitrogens with zero attached hydrogens (tertiary/aromatic N) is 2. The quantitative estimate of drug-likeness (QED) is 0.807. The van der Waals surface area contributed by atoms with Crippen LogP contribution >= 0.6 is 0 Å². The highest BCUT2D eigenvalue weighted by Gasteiger charge is 2.40. The van der Waals surface area contributed by atoms with Gasteiger partial charge in [0.15, 0.2) is 0 Å². The van der Waals surface area contributed by atoms with E-state index in [1.54, 1.807) is 0 Å². The fraction of sp³-hybridized carbons (Fsp3) is 0.435. The lowest BCUT2D eigenvalue weighted by molar-refractivity contribution is 0.00612. The number of anilines is 2. The number of rotatable bonds is 6. The van der Waals surface area contributed by atoms with E-state index in [0.29, 0.717) is 12.0 Å². The van der Waals surface area contributed by atoms with Crippen molar-refractivity contribution in [2.75, 3.05) is 43.4 Å². The molecule has 3 aliphatic heterocycles. The summed E-state index contributed by atoms with van der Waals surface area (Å²) >= 11 is 0. The maximum absolute atomic E-state index is 12.2. The average Bonchev–Trinajstić information content (AvgIpc) is 2.74. The van der Waals surface area contributed by atoms with Crippen LogP contribution in [0.1, 0.15) is 12.8 Å². The molecule has 3 heterocycles. The summed E-state index contributed by atoms with van der Waals surface area (Å²) in [7, 11) is 2.19. The van der Waals surface area contributed by atoms with Crippen LogP contribution in [-0.2, 0) is 0 Å². The first-order chi connectivity index (χ1) is 13.7. The summed E-state index contributed by atoms with van der Waals surface area (Å²) in [6.07, 6.45) is 2.46. The van der Waals surface area contributed by atoms with Crippen molar-refractivity contribution >= 4 is 17.4 Å². The number of benzene rings is 2. The Morgan fingerprint density at radius 1 is 1.11 bits per heavy atom. The summed E-state index contributed by atoms with van der Waals surface area (Å²) in [5, 5.41) is 5.97. The zero-order valence-electron chi connectivity index (χ0n) is 16.6. The molecule has 3 aliphatic rings. The Hall–Kier alpha value is -2.53. The molecule has 2 aromatic rings. The third-order valence-corrected chi connectivity index (χ3v) is 6.25. The van der Waals surface area contributed by atoms with Crippen LogP contribution in [-0.4, -0.2) is 50.2 Å². The molecule has 5 rings (SSSR count). The van der Waals surface area contributed by atoms with Gasteiger partial charge < -0.3 is 15.5 Å². The number of piperidine rings is 3. The van der Waals surface area contributed by atoms with Crippen molar-refractivity contribution in [3.8, 4) is 0 Å². The van der Waals surface area contributed by atoms with Crippen molar-refractivity contribution in [3.05, 3.63) is 60.7 Å². The number of fused-ring (bicyclic) bond motifs is 3. The molecule has 0 spiro atoms. The second-order valence-electron chi connectivity index (χ2n) is 8.11. The van der Waals surface area contributed by atoms with E-state index >= 15 is 0 Å². The Bertz CT molecular complexity index is 767. The van der Waals surface area contributed by atoms with Crippen LogP contribution in [0.15, 0.2) is 60.7 Å². The third-order valence-electron chi connectivity index (χ3n) is 6.25. The fourth-order valence-corrected chi connectivity index (χ4v) is 4.72. The molecular formula is C23H30N4O. The highest BCUT2D eigenvalue weighted by molar-refractivity contribution is 5.89. The topological polar surface area (TPSA) is 47.6 Å². The van der Waals surface area contributed by atoms with Crippen LogP contribution in [0.25, 0.3) is 0 Å². The number of para-hydroxylation sites is 2. The number of amides is 2. The van der Waals surface area contributed by atoms with Gasteiger partial charge in [-0.3, -0.25) is 4.90 Å². The zero-order chi connectivity index (χ0) is 19.3. The van der Waals surface area contributed by atoms with Crippen molar-refractivity contribution in [2.24, 2.45) is 11.8 Å². The Labute approximate surface area is 167 Å². The van der Waals surface area contributed by atoms with E-state index in [9.17, 15) is 4.79 Å². The van der Waals surface area contributed by atoms with E-state index in [4.69, 9.17) is 0 Å². The largest absolute Gasteiger partial charge is 0.374 e. The van der Waals surface area contributed by atoms with Crippen LogP contribution in [0.5, 0.6) is 0 Å². The van der Waals surface area contributed by atoms with Gasteiger partial charge in [-0.25, -0.2) is 4.79 Å². The van der Waals surface area contributed by atoms with Crippen LogP contribution < -0.4 is 15.5 Å². The SMILES string of the molecule is CN(C[C@@H]1CN2CC[C@H]1C[C@@H]2CNC(=O)Nc1ccccc1)c1ccccc1. The number of nitrogens with one attached hydrogen (secondary N) is 2. The first-order valence-corrected chi connectivity index (χ1v) is 10.3. The second-order valence-corrected chi connectivity index (χ2v) is 8.11. The van der Waals surface area contributed by atoms with Crippen molar-refractivity contribution < 1.29 is 4.79 Å². The van der Waals surface area contributed by atoms with E-state index in [-0.39, 0.29) is 6.03 Å². The molecule has 0 aromatic heterocycles. The molecular weight excluding hydrogens is 348 g/mol. The predicted octanol–water partition coefficient (Wildman–Crippen LogP) is 3.65. The van der Waals surface area contributed by atoms with Gasteiger partial charge in [0.1, 0.15) is 0 Å². The molecule has 2 aromatic carbocycles. The lowest BCUT2D eigenvalue weighted by atomic mass is 9.75. The minimum absolute atomic E-state index is 0.116. The molecule has 0 aliphatic carbocycles. The molecule has 3 saturated heterocycles. The lowest BCUT2D eigenvalue weighted by Gasteiger charge is -2.50. The van der Waals surface area contributed by atoms with Crippen LogP contribution in [0.4, 0.5) is 16.2 Å². The second kappa shape index (κ2) is 8.65. The smallest absolute Gasteiger partial charge is 0.319 e. The molecule has 1 unspecified atom stereocenters. The monoisotopic (exact) mass is 378 g/mol. The molecule has 4 atom stereocenters. The number of carbonyl (C=O) groups is 1. The summed E-state index contributed by atoms with van der Waals surface area (Å²) in [5.41, 5.74) is 2.12. The minimum Gasteiger partial charge on any atom is -0.374 e. The van der Waals surface area contributed by atoms with E-state index < -0.39 is 0 Å². The van der Waals surface area contributed by atoms with Gasteiger partial charge in [-0.2, -0.15) is 0 Å². The molecule has 148 valence electrons. The van der Waals surface area contributed by atoms with Gasteiger partial charge in [0.05, 0.1) is 0 Å². The van der Waals surface area contributed by atoms with Gasteiger partial charge >= 0.3 is 6.03 Å². The molecule has 5 nitrogen and oxygen atoms in total. The van der Waals surface area contributed by atoms with Gasteiger partial charge in [-0.05, 0) is 55.5 Å². The molecule has 2 bridgehead atoms. The normalized spacial score (nSPS) is 25.9. The highest BCUT2D eigenvalue weighted by Crippen LogP contribution is 2.36. The Balaban J connectivity index is 1.26. The van der Waals surface area contributed by atoms with E-state index in [1.807, 2.05) is 30.3 Å². The number of hydrogen-bond acceptors (Lipinski definition) is 3. The van der Waals surface area contributed by atoms with Crippen molar-refractivity contribution in [1.82, 2.24) is 10.2 Å². The van der Waals surface area contributed by atoms with Crippen molar-refractivity contribution in [3.63, 3.8) is 0 Å². The van der Waals surface area contributed by atoms with Gasteiger partial charge in [0, 0.05) is 44.1 Å². The molecule has 3 fully saturated rings. The van der Waals surface area contributed by atoms with Gasteiger partial charge in [-0.15, -0.1) is 0 Å². The Kier molecular flexibility index (Phi) is 5.81. The van der Waals surface area contributed by atoms with Crippen molar-refractivity contribution in [2.45, 2.75) is 18.9 Å². The lowest BCUT2D eigenvalue weighted by Crippen LogP contribution is -2.58. The molecule has 5 heteroatoms. The first kappa shape index (κ1) is 18.8. The maximum Gasteiger partial charge on any atom is 0.319 e. The average molecular weight is 379 g/mol. The fourth-order valence-electron chi connectivity index (χ4n) is 4.72. The first-order valence-electron chi connectivity index (χ1n) is 10.3. The number of hydrogen-bond donors (Lipinski definition) is 2. The molecule has 2 amide bonds. The predicted molar refractivity (Wildman–Crippen MR) is 115 cm³/mol. The minimum atomic E-state index is -0.116. The van der Waals surface area contributed by atoms with Crippen LogP contribution in [0, 0.1) is 11.8 Å². The van der Waals surface area contributed by atoms with Crippen LogP contribution in [0.2, 0.25) is 0 Å². The third kappa shape index (κ3) is 4.47. The van der Waals surface area contributed by atoms with Crippen molar-refractivity contribution in [1.29, 1.82) is 0 Å². The molecule has 2 N–H and O–H groups in total. The number of carbonyl (C=O) groups excluding carboxylic acids is 1. The molecule has 0 radical (unpaired) electrons. The standard InChI is InChI=1S/C23H30N4O/c1-26(21-10-6-3-7-11-21)16-19-17-27-13-12-18(19)14-22(27)15-24-23(28)25-20-8-4-2-5-9-20/h2-11,18-19,22H,12-17H2,1H3,(H2,24,25,28)/t18-,19+,22+/m0/s1. The van der Waals surface area contributed by atoms with E-state index in [1.165, 1.54) is 18.5 Å². The van der Waals surface area contributed by atoms with Gasteiger partial charge in [0.2, 0.25) is 0 Å².